The zero-order valence-corrected chi connectivity index (χ0v) is 12.8. The van der Waals surface area contributed by atoms with E-state index in [-0.39, 0.29) is 6.61 Å². The van der Waals surface area contributed by atoms with Gasteiger partial charge in [-0.15, -0.1) is 0 Å². The van der Waals surface area contributed by atoms with Gasteiger partial charge in [-0.05, 0) is 24.8 Å². The predicted octanol–water partition coefficient (Wildman–Crippen LogP) is 3.61. The Balaban J connectivity index is 1.76. The molecule has 1 aliphatic heterocycles. The second-order valence-electron chi connectivity index (χ2n) is 5.12. The van der Waals surface area contributed by atoms with Gasteiger partial charge in [-0.1, -0.05) is 41.9 Å². The highest BCUT2D eigenvalue weighted by Gasteiger charge is 2.25. The van der Waals surface area contributed by atoms with Gasteiger partial charge >= 0.3 is 6.09 Å². The molecule has 3 rings (SSSR count). The number of amides is 1. The summed E-state index contributed by atoms with van der Waals surface area (Å²) in [4.78, 5) is 22.2. The van der Waals surface area contributed by atoms with Gasteiger partial charge in [0.05, 0.1) is 0 Å². The van der Waals surface area contributed by atoms with E-state index in [9.17, 15) is 4.79 Å². The van der Waals surface area contributed by atoms with Crippen LogP contribution in [-0.4, -0.2) is 22.6 Å². The maximum absolute atomic E-state index is 12.4. The smallest absolute Gasteiger partial charge is 0.415 e. The van der Waals surface area contributed by atoms with Crippen LogP contribution in [0.5, 0.6) is 0 Å². The van der Waals surface area contributed by atoms with E-state index in [1.165, 1.54) is 6.33 Å². The first kappa shape index (κ1) is 14.8. The number of anilines is 1. The summed E-state index contributed by atoms with van der Waals surface area (Å²) in [5.74, 6) is 0.565. The molecule has 0 bridgehead atoms. The quantitative estimate of drug-likeness (QED) is 0.794. The topological polar surface area (TPSA) is 55.3 Å². The van der Waals surface area contributed by atoms with E-state index in [4.69, 9.17) is 16.3 Å². The molecule has 0 N–H and O–H groups in total. The molecule has 0 radical (unpaired) electrons. The van der Waals surface area contributed by atoms with Gasteiger partial charge in [0.2, 0.25) is 0 Å². The minimum atomic E-state index is -0.401. The first-order chi connectivity index (χ1) is 10.8. The molecule has 1 aliphatic rings. The number of fused-ring (bicyclic) bond motifs is 1. The van der Waals surface area contributed by atoms with Crippen molar-refractivity contribution in [2.75, 3.05) is 11.4 Å². The third-order valence-electron chi connectivity index (χ3n) is 3.61. The number of halogens is 1. The lowest BCUT2D eigenvalue weighted by atomic mass is 10.1. The van der Waals surface area contributed by atoms with Gasteiger partial charge in [0.15, 0.2) is 0 Å². The molecule has 0 atom stereocenters. The maximum Gasteiger partial charge on any atom is 0.415 e. The van der Waals surface area contributed by atoms with Crippen LogP contribution in [-0.2, 0) is 17.8 Å². The largest absolute Gasteiger partial charge is 0.444 e. The summed E-state index contributed by atoms with van der Waals surface area (Å²) in [7, 11) is 0. The second-order valence-corrected chi connectivity index (χ2v) is 5.47. The number of carbonyl (C=O) groups is 1. The molecule has 0 unspecified atom stereocenters. The van der Waals surface area contributed by atoms with Gasteiger partial charge in [-0.2, -0.15) is 0 Å². The average molecular weight is 318 g/mol. The number of benzene rings is 1. The van der Waals surface area contributed by atoms with Crippen LogP contribution in [0.3, 0.4) is 0 Å². The van der Waals surface area contributed by atoms with Crippen LogP contribution >= 0.6 is 11.6 Å². The predicted molar refractivity (Wildman–Crippen MR) is 84.0 cm³/mol. The van der Waals surface area contributed by atoms with Crippen LogP contribution in [0.15, 0.2) is 36.7 Å². The lowest BCUT2D eigenvalue weighted by Gasteiger charge is -2.21. The zero-order chi connectivity index (χ0) is 15.4. The third-order valence-corrected chi connectivity index (χ3v) is 3.94. The first-order valence-corrected chi connectivity index (χ1v) is 7.61. The first-order valence-electron chi connectivity index (χ1n) is 7.23. The van der Waals surface area contributed by atoms with E-state index >= 15 is 0 Å². The van der Waals surface area contributed by atoms with Gasteiger partial charge < -0.3 is 4.74 Å². The van der Waals surface area contributed by atoms with Crippen LogP contribution in [0, 0.1) is 0 Å². The second kappa shape index (κ2) is 6.75. The number of hydrogen-bond donors (Lipinski definition) is 0. The summed E-state index contributed by atoms with van der Waals surface area (Å²) in [5, 5.41) is 0.410. The Morgan fingerprint density at radius 2 is 2.05 bits per heavy atom. The van der Waals surface area contributed by atoms with Crippen LogP contribution in [0.25, 0.3) is 0 Å². The van der Waals surface area contributed by atoms with E-state index in [1.54, 1.807) is 4.90 Å². The molecule has 5 nitrogen and oxygen atoms in total. The van der Waals surface area contributed by atoms with E-state index < -0.39 is 6.09 Å². The van der Waals surface area contributed by atoms with Gasteiger partial charge in [0.1, 0.15) is 23.9 Å². The third kappa shape index (κ3) is 3.20. The number of nitrogens with zero attached hydrogens (tertiary/aromatic N) is 3. The highest BCUT2D eigenvalue weighted by molar-refractivity contribution is 6.30. The molecule has 0 fully saturated rings. The lowest BCUT2D eigenvalue weighted by Crippen LogP contribution is -2.33. The molecule has 0 saturated carbocycles. The summed E-state index contributed by atoms with van der Waals surface area (Å²) in [5.41, 5.74) is 1.77. The molecule has 2 aromatic rings. The van der Waals surface area contributed by atoms with Crippen molar-refractivity contribution in [3.63, 3.8) is 0 Å². The van der Waals surface area contributed by atoms with Crippen molar-refractivity contribution >= 4 is 23.5 Å². The van der Waals surface area contributed by atoms with Crippen molar-refractivity contribution < 1.29 is 9.53 Å². The van der Waals surface area contributed by atoms with Crippen molar-refractivity contribution in [2.24, 2.45) is 0 Å². The lowest BCUT2D eigenvalue weighted by molar-refractivity contribution is 0.147. The minimum Gasteiger partial charge on any atom is -0.444 e. The number of hydrogen-bond acceptors (Lipinski definition) is 4. The Kier molecular flexibility index (Phi) is 4.53. The molecule has 22 heavy (non-hydrogen) atoms. The number of aromatic nitrogens is 2. The fraction of sp³-hybridized carbons (Fsp3) is 0.312. The average Bonchev–Trinajstić information content (AvgIpc) is 2.77. The SMILES string of the molecule is O=C(OCc1ccccc1)N1CCCCc2c(Cl)ncnc21. The zero-order valence-electron chi connectivity index (χ0n) is 12.0. The fourth-order valence-electron chi connectivity index (χ4n) is 2.48. The standard InChI is InChI=1S/C16H16ClN3O2/c17-14-13-8-4-5-9-20(15(13)19-11-18-14)16(21)22-10-12-6-2-1-3-7-12/h1-3,6-7,11H,4-5,8-10H2. The molecule has 1 amide bonds. The fourth-order valence-corrected chi connectivity index (χ4v) is 2.71. The number of rotatable bonds is 2. The van der Waals surface area contributed by atoms with Gasteiger partial charge in [-0.3, -0.25) is 4.90 Å². The summed E-state index contributed by atoms with van der Waals surface area (Å²) in [6.45, 7) is 0.818. The number of ether oxygens (including phenoxy) is 1. The normalized spacial score (nSPS) is 14.1. The Labute approximate surface area is 133 Å². The molecule has 0 spiro atoms. The highest BCUT2D eigenvalue weighted by atomic mass is 35.5. The molecule has 1 aromatic heterocycles. The van der Waals surface area contributed by atoms with Crippen LogP contribution in [0.1, 0.15) is 24.0 Å². The molecule has 1 aromatic carbocycles. The Bertz CT molecular complexity index is 664. The molecule has 6 heteroatoms. The highest BCUT2D eigenvalue weighted by Crippen LogP contribution is 2.28. The molecule has 0 saturated heterocycles. The van der Waals surface area contributed by atoms with Crippen LogP contribution < -0.4 is 4.90 Å². The monoisotopic (exact) mass is 317 g/mol. The number of carbonyl (C=O) groups excluding carboxylic acids is 1. The molecular formula is C16H16ClN3O2. The Morgan fingerprint density at radius 3 is 2.86 bits per heavy atom. The molecule has 114 valence electrons. The summed E-state index contributed by atoms with van der Waals surface area (Å²) in [6.07, 6.45) is 3.58. The van der Waals surface area contributed by atoms with Crippen LogP contribution in [0.2, 0.25) is 5.15 Å². The maximum atomic E-state index is 12.4. The Morgan fingerprint density at radius 1 is 1.23 bits per heavy atom. The summed E-state index contributed by atoms with van der Waals surface area (Å²) >= 11 is 6.13. The van der Waals surface area contributed by atoms with Crippen molar-refractivity contribution in [1.82, 2.24) is 9.97 Å². The molecule has 0 aliphatic carbocycles. The van der Waals surface area contributed by atoms with Gasteiger partial charge in [-0.25, -0.2) is 14.8 Å². The van der Waals surface area contributed by atoms with E-state index in [0.717, 1.165) is 30.4 Å². The van der Waals surface area contributed by atoms with Crippen molar-refractivity contribution in [3.8, 4) is 0 Å². The van der Waals surface area contributed by atoms with Gasteiger partial charge in [0, 0.05) is 12.1 Å². The summed E-state index contributed by atoms with van der Waals surface area (Å²) < 4.78 is 5.40. The van der Waals surface area contributed by atoms with Crippen molar-refractivity contribution in [1.29, 1.82) is 0 Å². The van der Waals surface area contributed by atoms with Gasteiger partial charge in [0.25, 0.3) is 0 Å². The van der Waals surface area contributed by atoms with E-state index in [0.29, 0.717) is 17.5 Å². The molecule has 2 heterocycles. The van der Waals surface area contributed by atoms with Crippen LogP contribution in [0.4, 0.5) is 10.6 Å². The van der Waals surface area contributed by atoms with E-state index in [1.807, 2.05) is 30.3 Å². The summed E-state index contributed by atoms with van der Waals surface area (Å²) in [6, 6.07) is 9.59. The van der Waals surface area contributed by atoms with Crippen molar-refractivity contribution in [3.05, 3.63) is 52.9 Å². The minimum absolute atomic E-state index is 0.240. The van der Waals surface area contributed by atoms with E-state index in [2.05, 4.69) is 9.97 Å². The molecular weight excluding hydrogens is 302 g/mol. The van der Waals surface area contributed by atoms with Crippen molar-refractivity contribution in [2.45, 2.75) is 25.9 Å². The Hall–Kier alpha value is -2.14.